The number of esters is 1. The number of carbonyl (C=O) groups is 1. The van der Waals surface area contributed by atoms with Crippen LogP contribution in [0.3, 0.4) is 0 Å². The van der Waals surface area contributed by atoms with Crippen LogP contribution in [0.4, 0.5) is 0 Å². The zero-order chi connectivity index (χ0) is 22.5. The monoisotopic (exact) mass is 410 g/mol. The molecular weight excluding hydrogens is 368 g/mol. The summed E-state index contributed by atoms with van der Waals surface area (Å²) >= 11 is 0. The Hall–Kier alpha value is -2.09. The normalized spacial score (nSPS) is 13.3. The topological polar surface area (TPSA) is 26.3 Å². The van der Waals surface area contributed by atoms with Crippen LogP contribution in [0.25, 0.3) is 0 Å². The summed E-state index contributed by atoms with van der Waals surface area (Å²) in [4.78, 5) is 12.4. The van der Waals surface area contributed by atoms with Gasteiger partial charge in [0.05, 0.1) is 5.92 Å². The van der Waals surface area contributed by atoms with Crippen LogP contribution in [0.15, 0.2) is 59.2 Å². The molecule has 2 nitrogen and oxygen atoms in total. The van der Waals surface area contributed by atoms with E-state index >= 15 is 0 Å². The molecule has 1 aromatic rings. The lowest BCUT2D eigenvalue weighted by atomic mass is 9.97. The molecule has 2 heteroatoms. The molecule has 0 aliphatic rings. The Labute approximate surface area is 185 Å². The molecule has 30 heavy (non-hydrogen) atoms. The highest BCUT2D eigenvalue weighted by Crippen LogP contribution is 2.19. The van der Waals surface area contributed by atoms with Crippen LogP contribution in [-0.4, -0.2) is 12.6 Å². The maximum Gasteiger partial charge on any atom is 0.313 e. The zero-order valence-corrected chi connectivity index (χ0v) is 20.3. The van der Waals surface area contributed by atoms with E-state index in [4.69, 9.17) is 4.74 Å². The SMILES string of the molecule is CC(C)=CCCC(C)=CCCC(C)=CCOC(=O)C(C)c1ccc(CC(C)C)cc1. The minimum Gasteiger partial charge on any atom is -0.461 e. The molecule has 1 atom stereocenters. The molecule has 0 aromatic heterocycles. The molecule has 0 N–H and O–H groups in total. The summed E-state index contributed by atoms with van der Waals surface area (Å²) < 4.78 is 5.49. The quantitative estimate of drug-likeness (QED) is 0.258. The number of allylic oxidation sites excluding steroid dienone is 5. The standard InChI is InChI=1S/C28H42O2/c1-21(2)10-8-11-23(5)12-9-13-24(6)18-19-30-28(29)25(7)27-16-14-26(15-17-27)20-22(3)4/h10,12,14-18,22,25H,8-9,11,13,19-20H2,1-7H3. The van der Waals surface area contributed by atoms with E-state index < -0.39 is 0 Å². The second kappa shape index (κ2) is 14.0. The molecule has 166 valence electrons. The number of ether oxygens (including phenoxy) is 1. The first-order valence-electron chi connectivity index (χ1n) is 11.4. The Morgan fingerprint density at radius 1 is 0.867 bits per heavy atom. The fraction of sp³-hybridized carbons (Fsp3) is 0.536. The van der Waals surface area contributed by atoms with E-state index in [0.29, 0.717) is 12.5 Å². The predicted molar refractivity (Wildman–Crippen MR) is 130 cm³/mol. The van der Waals surface area contributed by atoms with E-state index in [1.807, 2.05) is 13.0 Å². The van der Waals surface area contributed by atoms with Gasteiger partial charge in [0.25, 0.3) is 0 Å². The predicted octanol–water partition coefficient (Wildman–Crippen LogP) is 7.95. The molecule has 1 rings (SSSR count). The maximum atomic E-state index is 12.4. The van der Waals surface area contributed by atoms with Crippen molar-refractivity contribution in [3.05, 3.63) is 70.3 Å². The van der Waals surface area contributed by atoms with Gasteiger partial charge in [-0.3, -0.25) is 4.79 Å². The van der Waals surface area contributed by atoms with Crippen molar-refractivity contribution in [1.29, 1.82) is 0 Å². The molecule has 0 saturated heterocycles. The molecule has 0 fully saturated rings. The third-order valence-corrected chi connectivity index (χ3v) is 5.26. The number of hydrogen-bond donors (Lipinski definition) is 0. The van der Waals surface area contributed by atoms with Gasteiger partial charge in [0.1, 0.15) is 6.61 Å². The van der Waals surface area contributed by atoms with Gasteiger partial charge in [-0.05, 0) is 89.8 Å². The Balaban J connectivity index is 2.39. The van der Waals surface area contributed by atoms with E-state index in [2.05, 4.69) is 78.0 Å². The summed E-state index contributed by atoms with van der Waals surface area (Å²) in [5.41, 5.74) is 6.42. The second-order valence-electron chi connectivity index (χ2n) is 9.15. The summed E-state index contributed by atoms with van der Waals surface area (Å²) in [6.07, 6.45) is 12.0. The number of hydrogen-bond acceptors (Lipinski definition) is 2. The molecule has 0 amide bonds. The lowest BCUT2D eigenvalue weighted by molar-refractivity contribution is -0.143. The highest BCUT2D eigenvalue weighted by Gasteiger charge is 2.16. The maximum absolute atomic E-state index is 12.4. The van der Waals surface area contributed by atoms with Gasteiger partial charge in [-0.1, -0.05) is 67.0 Å². The summed E-state index contributed by atoms with van der Waals surface area (Å²) in [6.45, 7) is 15.3. The summed E-state index contributed by atoms with van der Waals surface area (Å²) in [6, 6.07) is 8.35. The van der Waals surface area contributed by atoms with Gasteiger partial charge in [-0.25, -0.2) is 0 Å². The Kier molecular flexibility index (Phi) is 12.1. The Bertz CT molecular complexity index is 728. The third kappa shape index (κ3) is 11.2. The summed E-state index contributed by atoms with van der Waals surface area (Å²) in [7, 11) is 0. The Morgan fingerprint density at radius 3 is 2.00 bits per heavy atom. The van der Waals surface area contributed by atoms with Crippen molar-refractivity contribution < 1.29 is 9.53 Å². The van der Waals surface area contributed by atoms with Gasteiger partial charge in [0.15, 0.2) is 0 Å². The first kappa shape index (κ1) is 25.9. The largest absolute Gasteiger partial charge is 0.461 e. The fourth-order valence-corrected chi connectivity index (χ4v) is 3.28. The fourth-order valence-electron chi connectivity index (χ4n) is 3.28. The molecule has 1 unspecified atom stereocenters. The van der Waals surface area contributed by atoms with Crippen LogP contribution in [0, 0.1) is 5.92 Å². The van der Waals surface area contributed by atoms with Gasteiger partial charge in [0, 0.05) is 0 Å². The van der Waals surface area contributed by atoms with E-state index in [1.54, 1.807) is 0 Å². The van der Waals surface area contributed by atoms with Gasteiger partial charge < -0.3 is 4.74 Å². The molecule has 0 aliphatic carbocycles. The molecule has 0 spiro atoms. The van der Waals surface area contributed by atoms with Crippen molar-refractivity contribution in [3.8, 4) is 0 Å². The van der Waals surface area contributed by atoms with Crippen LogP contribution >= 0.6 is 0 Å². The Morgan fingerprint density at radius 2 is 1.43 bits per heavy atom. The number of benzene rings is 1. The van der Waals surface area contributed by atoms with Crippen molar-refractivity contribution in [2.75, 3.05) is 6.61 Å². The van der Waals surface area contributed by atoms with Crippen molar-refractivity contribution in [2.24, 2.45) is 5.92 Å². The first-order chi connectivity index (χ1) is 14.2. The third-order valence-electron chi connectivity index (χ3n) is 5.26. The first-order valence-corrected chi connectivity index (χ1v) is 11.4. The van der Waals surface area contributed by atoms with E-state index in [1.165, 1.54) is 22.3 Å². The average molecular weight is 411 g/mol. The number of rotatable bonds is 12. The lowest BCUT2D eigenvalue weighted by Crippen LogP contribution is -2.13. The van der Waals surface area contributed by atoms with Gasteiger partial charge in [-0.15, -0.1) is 0 Å². The smallest absolute Gasteiger partial charge is 0.313 e. The van der Waals surface area contributed by atoms with Crippen LogP contribution in [0.1, 0.15) is 91.2 Å². The molecule has 0 radical (unpaired) electrons. The van der Waals surface area contributed by atoms with Crippen molar-refractivity contribution >= 4 is 5.97 Å². The molecule has 0 heterocycles. The van der Waals surface area contributed by atoms with Crippen LogP contribution in [0.5, 0.6) is 0 Å². The van der Waals surface area contributed by atoms with Gasteiger partial charge in [-0.2, -0.15) is 0 Å². The molecular formula is C28H42O2. The summed E-state index contributed by atoms with van der Waals surface area (Å²) in [5.74, 6) is 0.235. The zero-order valence-electron chi connectivity index (χ0n) is 20.3. The minimum absolute atomic E-state index is 0.161. The van der Waals surface area contributed by atoms with Gasteiger partial charge >= 0.3 is 5.97 Å². The molecule has 0 saturated carbocycles. The van der Waals surface area contributed by atoms with E-state index in [0.717, 1.165) is 37.7 Å². The lowest BCUT2D eigenvalue weighted by Gasteiger charge is -2.12. The molecule has 1 aromatic carbocycles. The molecule has 0 aliphatic heterocycles. The van der Waals surface area contributed by atoms with Crippen LogP contribution in [0.2, 0.25) is 0 Å². The van der Waals surface area contributed by atoms with Crippen molar-refractivity contribution in [3.63, 3.8) is 0 Å². The van der Waals surface area contributed by atoms with Crippen LogP contribution < -0.4 is 0 Å². The summed E-state index contributed by atoms with van der Waals surface area (Å²) in [5, 5.41) is 0. The highest BCUT2D eigenvalue weighted by molar-refractivity contribution is 5.77. The van der Waals surface area contributed by atoms with Crippen molar-refractivity contribution in [1.82, 2.24) is 0 Å². The van der Waals surface area contributed by atoms with Crippen LogP contribution in [-0.2, 0) is 16.0 Å². The second-order valence-corrected chi connectivity index (χ2v) is 9.15. The average Bonchev–Trinajstić information content (AvgIpc) is 2.67. The minimum atomic E-state index is -0.238. The van der Waals surface area contributed by atoms with E-state index in [-0.39, 0.29) is 11.9 Å². The van der Waals surface area contributed by atoms with Gasteiger partial charge in [0.2, 0.25) is 0 Å². The van der Waals surface area contributed by atoms with E-state index in [9.17, 15) is 4.79 Å². The number of carbonyl (C=O) groups excluding carboxylic acids is 1. The van der Waals surface area contributed by atoms with Crippen molar-refractivity contribution in [2.45, 2.75) is 86.5 Å². The molecule has 0 bridgehead atoms. The highest BCUT2D eigenvalue weighted by atomic mass is 16.5.